The molecule has 2 heterocycles. The smallest absolute Gasteiger partial charge is 0.255 e. The number of pyridine rings is 1. The quantitative estimate of drug-likeness (QED) is 0.692. The van der Waals surface area contributed by atoms with Crippen LogP contribution in [0.2, 0.25) is 0 Å². The van der Waals surface area contributed by atoms with Gasteiger partial charge in [0.05, 0.1) is 17.6 Å². The Hall–Kier alpha value is -1.96. The van der Waals surface area contributed by atoms with E-state index in [9.17, 15) is 9.18 Å². The van der Waals surface area contributed by atoms with Crippen LogP contribution < -0.4 is 0 Å². The lowest BCUT2D eigenvalue weighted by atomic mass is 9.99. The lowest BCUT2D eigenvalue weighted by Gasteiger charge is -2.29. The zero-order chi connectivity index (χ0) is 12.3. The van der Waals surface area contributed by atoms with E-state index in [4.69, 9.17) is 5.26 Å². The van der Waals surface area contributed by atoms with Gasteiger partial charge in [0.25, 0.3) is 5.91 Å². The summed E-state index contributed by atoms with van der Waals surface area (Å²) in [6, 6.07) is 4.76. The van der Waals surface area contributed by atoms with Gasteiger partial charge in [-0.05, 0) is 25.0 Å². The molecule has 1 atom stereocenters. The average molecular weight is 233 g/mol. The van der Waals surface area contributed by atoms with Crippen LogP contribution in [-0.2, 0) is 0 Å². The number of likely N-dealkylation sites (tertiary alicyclic amines) is 1. The van der Waals surface area contributed by atoms with Gasteiger partial charge in [0, 0.05) is 19.3 Å². The second-order valence-corrected chi connectivity index (χ2v) is 4.09. The Morgan fingerprint density at radius 2 is 2.41 bits per heavy atom. The Balaban J connectivity index is 2.09. The summed E-state index contributed by atoms with van der Waals surface area (Å²) in [5, 5.41) is 8.85. The van der Waals surface area contributed by atoms with Crippen molar-refractivity contribution in [2.75, 3.05) is 13.1 Å². The van der Waals surface area contributed by atoms with Gasteiger partial charge in [-0.3, -0.25) is 4.79 Å². The first kappa shape index (κ1) is 11.5. The molecule has 4 nitrogen and oxygen atoms in total. The molecule has 1 unspecified atom stereocenters. The molecule has 0 spiro atoms. The maximum atomic E-state index is 12.6. The normalized spacial score (nSPS) is 19.8. The van der Waals surface area contributed by atoms with Gasteiger partial charge in [-0.1, -0.05) is 0 Å². The van der Waals surface area contributed by atoms with Crippen molar-refractivity contribution in [2.45, 2.75) is 12.8 Å². The largest absolute Gasteiger partial charge is 0.337 e. The van der Waals surface area contributed by atoms with E-state index in [1.54, 1.807) is 4.90 Å². The van der Waals surface area contributed by atoms with E-state index in [0.29, 0.717) is 18.7 Å². The SMILES string of the molecule is N#CC1CCCN(C(=O)c2ccc(F)nc2)C1. The summed E-state index contributed by atoms with van der Waals surface area (Å²) in [5.41, 5.74) is 0.366. The predicted molar refractivity (Wildman–Crippen MR) is 58.4 cm³/mol. The van der Waals surface area contributed by atoms with E-state index >= 15 is 0 Å². The molecule has 1 aromatic heterocycles. The topological polar surface area (TPSA) is 57.0 Å². The summed E-state index contributed by atoms with van der Waals surface area (Å²) in [6.07, 6.45) is 2.90. The maximum absolute atomic E-state index is 12.6. The standard InChI is InChI=1S/C12H12FN3O/c13-11-4-3-10(7-15-11)12(17)16-5-1-2-9(6-14)8-16/h3-4,7,9H,1-2,5,8H2. The molecule has 1 aromatic rings. The molecule has 0 aliphatic carbocycles. The molecule has 0 radical (unpaired) electrons. The summed E-state index contributed by atoms with van der Waals surface area (Å²) in [6.45, 7) is 1.10. The summed E-state index contributed by atoms with van der Waals surface area (Å²) in [4.78, 5) is 17.1. The van der Waals surface area contributed by atoms with Gasteiger partial charge >= 0.3 is 0 Å². The molecule has 1 aliphatic heterocycles. The molecule has 2 rings (SSSR count). The average Bonchev–Trinajstić information content (AvgIpc) is 2.39. The Labute approximate surface area is 98.7 Å². The maximum Gasteiger partial charge on any atom is 0.255 e. The number of amides is 1. The van der Waals surface area contributed by atoms with Crippen molar-refractivity contribution in [3.05, 3.63) is 29.8 Å². The molecule has 1 aliphatic rings. The number of piperidine rings is 1. The minimum absolute atomic E-state index is 0.0962. The third-order valence-electron chi connectivity index (χ3n) is 2.87. The van der Waals surface area contributed by atoms with Crippen molar-refractivity contribution < 1.29 is 9.18 Å². The minimum Gasteiger partial charge on any atom is -0.337 e. The molecular formula is C12H12FN3O. The molecule has 1 saturated heterocycles. The minimum atomic E-state index is -0.602. The number of nitrogens with zero attached hydrogens (tertiary/aromatic N) is 3. The van der Waals surface area contributed by atoms with Gasteiger partial charge < -0.3 is 4.90 Å². The number of halogens is 1. The van der Waals surface area contributed by atoms with Crippen LogP contribution in [0.3, 0.4) is 0 Å². The van der Waals surface area contributed by atoms with Crippen LogP contribution in [0.5, 0.6) is 0 Å². The Morgan fingerprint density at radius 3 is 3.06 bits per heavy atom. The van der Waals surface area contributed by atoms with Crippen molar-refractivity contribution >= 4 is 5.91 Å². The van der Waals surface area contributed by atoms with Crippen LogP contribution in [0.25, 0.3) is 0 Å². The molecule has 0 N–H and O–H groups in total. The third-order valence-corrected chi connectivity index (χ3v) is 2.87. The monoisotopic (exact) mass is 233 g/mol. The number of hydrogen-bond acceptors (Lipinski definition) is 3. The Kier molecular flexibility index (Phi) is 3.33. The van der Waals surface area contributed by atoms with Gasteiger partial charge in [0.15, 0.2) is 0 Å². The lowest BCUT2D eigenvalue weighted by molar-refractivity contribution is 0.0698. The van der Waals surface area contributed by atoms with E-state index in [1.807, 2.05) is 0 Å². The van der Waals surface area contributed by atoms with E-state index in [0.717, 1.165) is 12.8 Å². The van der Waals surface area contributed by atoms with Gasteiger partial charge in [0.1, 0.15) is 0 Å². The molecule has 5 heteroatoms. The van der Waals surface area contributed by atoms with Gasteiger partial charge in [-0.2, -0.15) is 9.65 Å². The Bertz CT molecular complexity index is 452. The first-order chi connectivity index (χ1) is 8.20. The predicted octanol–water partition coefficient (Wildman–Crippen LogP) is 1.60. The van der Waals surface area contributed by atoms with Crippen molar-refractivity contribution in [2.24, 2.45) is 5.92 Å². The van der Waals surface area contributed by atoms with E-state index in [-0.39, 0.29) is 11.8 Å². The summed E-state index contributed by atoms with van der Waals surface area (Å²) in [5.74, 6) is -0.881. The van der Waals surface area contributed by atoms with E-state index in [2.05, 4.69) is 11.1 Å². The second kappa shape index (κ2) is 4.91. The van der Waals surface area contributed by atoms with Crippen molar-refractivity contribution in [3.63, 3.8) is 0 Å². The highest BCUT2D eigenvalue weighted by atomic mass is 19.1. The van der Waals surface area contributed by atoms with Crippen molar-refractivity contribution in [1.82, 2.24) is 9.88 Å². The first-order valence-electron chi connectivity index (χ1n) is 5.51. The number of nitriles is 1. The highest BCUT2D eigenvalue weighted by molar-refractivity contribution is 5.93. The zero-order valence-corrected chi connectivity index (χ0v) is 9.27. The van der Waals surface area contributed by atoms with Gasteiger partial charge in [-0.15, -0.1) is 0 Å². The fourth-order valence-corrected chi connectivity index (χ4v) is 1.95. The van der Waals surface area contributed by atoms with Crippen LogP contribution in [-0.4, -0.2) is 28.9 Å². The van der Waals surface area contributed by atoms with Crippen LogP contribution in [0.1, 0.15) is 23.2 Å². The molecule has 17 heavy (non-hydrogen) atoms. The fourth-order valence-electron chi connectivity index (χ4n) is 1.95. The van der Waals surface area contributed by atoms with Gasteiger partial charge in [-0.25, -0.2) is 4.98 Å². The Morgan fingerprint density at radius 1 is 1.59 bits per heavy atom. The summed E-state index contributed by atoms with van der Waals surface area (Å²) >= 11 is 0. The summed E-state index contributed by atoms with van der Waals surface area (Å²) < 4.78 is 12.6. The number of aromatic nitrogens is 1. The van der Waals surface area contributed by atoms with Gasteiger partial charge in [0.2, 0.25) is 5.95 Å². The van der Waals surface area contributed by atoms with Crippen molar-refractivity contribution in [3.8, 4) is 6.07 Å². The molecule has 0 saturated carbocycles. The lowest BCUT2D eigenvalue weighted by Crippen LogP contribution is -2.39. The number of carbonyl (C=O) groups excluding carboxylic acids is 1. The molecule has 1 amide bonds. The first-order valence-corrected chi connectivity index (χ1v) is 5.51. The highest BCUT2D eigenvalue weighted by Crippen LogP contribution is 2.17. The fraction of sp³-hybridized carbons (Fsp3) is 0.417. The number of carbonyl (C=O) groups is 1. The molecule has 88 valence electrons. The molecular weight excluding hydrogens is 221 g/mol. The van der Waals surface area contributed by atoms with Crippen LogP contribution in [0.15, 0.2) is 18.3 Å². The van der Waals surface area contributed by atoms with Crippen molar-refractivity contribution in [1.29, 1.82) is 5.26 Å². The summed E-state index contributed by atoms with van der Waals surface area (Å²) in [7, 11) is 0. The zero-order valence-electron chi connectivity index (χ0n) is 9.27. The van der Waals surface area contributed by atoms with Crippen LogP contribution in [0, 0.1) is 23.2 Å². The molecule has 1 fully saturated rings. The number of rotatable bonds is 1. The van der Waals surface area contributed by atoms with Crippen LogP contribution >= 0.6 is 0 Å². The van der Waals surface area contributed by atoms with E-state index in [1.165, 1.54) is 18.3 Å². The number of hydrogen-bond donors (Lipinski definition) is 0. The highest BCUT2D eigenvalue weighted by Gasteiger charge is 2.24. The molecule has 0 aromatic carbocycles. The van der Waals surface area contributed by atoms with E-state index < -0.39 is 5.95 Å². The van der Waals surface area contributed by atoms with Crippen LogP contribution in [0.4, 0.5) is 4.39 Å². The second-order valence-electron chi connectivity index (χ2n) is 4.09. The molecule has 0 bridgehead atoms. The third kappa shape index (κ3) is 2.59.